The molecule has 1 aliphatic rings. The number of para-hydroxylation sites is 1. The topological polar surface area (TPSA) is 28.7 Å². The predicted molar refractivity (Wildman–Crippen MR) is 269 cm³/mol. The molecule has 0 saturated carbocycles. The first kappa shape index (κ1) is 44.4. The normalized spacial score (nSPS) is 13.4. The first-order valence-electron chi connectivity index (χ1n) is 23.0. The molecule has 2 nitrogen and oxygen atoms in total. The van der Waals surface area contributed by atoms with E-state index in [0.29, 0.717) is 34.4 Å². The maximum absolute atomic E-state index is 15.4. The Bertz CT molecular complexity index is 3790. The molecule has 9 aromatic carbocycles. The standard InChI is InChI=1S/C62H42F6N2/c1-35-22-26-42(37(3)30-35)39-24-28-47-50(32-39)44-13-5-6-15-46(44)58(47)48-16-9-12-41(34-69)57(48)60-49(59-52(61(63,64)65)18-11-19-53(59)62(66,67)68)17-10-21-56(60)70-54-20-8-7-14-45(54)51-33-40(25-29-55(51)70)43-27-23-36(2)31-38(43)4/h5-33,58H,1-4H3. The van der Waals surface area contributed by atoms with Gasteiger partial charge in [-0.2, -0.15) is 31.6 Å². The number of aromatic nitrogens is 1. The van der Waals surface area contributed by atoms with Crippen molar-refractivity contribution in [3.05, 3.63) is 232 Å². The van der Waals surface area contributed by atoms with Crippen molar-refractivity contribution in [2.75, 3.05) is 0 Å². The van der Waals surface area contributed by atoms with Crippen LogP contribution in [0.1, 0.15) is 61.6 Å². The molecular weight excluding hydrogens is 887 g/mol. The zero-order valence-electron chi connectivity index (χ0n) is 38.5. The van der Waals surface area contributed by atoms with E-state index in [4.69, 9.17) is 0 Å². The number of benzene rings is 9. The third-order valence-electron chi connectivity index (χ3n) is 14.0. The molecule has 0 amide bonds. The molecule has 0 fully saturated rings. The Balaban J connectivity index is 1.26. The predicted octanol–water partition coefficient (Wildman–Crippen LogP) is 17.8. The summed E-state index contributed by atoms with van der Waals surface area (Å²) in [5.74, 6) is -0.568. The van der Waals surface area contributed by atoms with Crippen LogP contribution in [-0.2, 0) is 12.4 Å². The van der Waals surface area contributed by atoms with Crippen molar-refractivity contribution in [2.24, 2.45) is 0 Å². The van der Waals surface area contributed by atoms with Gasteiger partial charge in [-0.15, -0.1) is 0 Å². The largest absolute Gasteiger partial charge is 0.417 e. The Morgan fingerprint density at radius 1 is 0.429 bits per heavy atom. The summed E-state index contributed by atoms with van der Waals surface area (Å²) >= 11 is 0. The Morgan fingerprint density at radius 3 is 1.66 bits per heavy atom. The molecule has 1 unspecified atom stereocenters. The molecule has 0 radical (unpaired) electrons. The van der Waals surface area contributed by atoms with E-state index in [9.17, 15) is 5.26 Å². The summed E-state index contributed by atoms with van der Waals surface area (Å²) in [6, 6.07) is 54.7. The Hall–Kier alpha value is -8.15. The second-order valence-electron chi connectivity index (χ2n) is 18.3. The van der Waals surface area contributed by atoms with Crippen molar-refractivity contribution in [1.29, 1.82) is 5.26 Å². The smallest absolute Gasteiger partial charge is 0.309 e. The van der Waals surface area contributed by atoms with Crippen LogP contribution in [0.3, 0.4) is 0 Å². The van der Waals surface area contributed by atoms with E-state index < -0.39 is 35.0 Å². The van der Waals surface area contributed by atoms with Crippen LogP contribution < -0.4 is 0 Å². The van der Waals surface area contributed by atoms with Crippen molar-refractivity contribution in [2.45, 2.75) is 46.0 Å². The maximum atomic E-state index is 15.4. The van der Waals surface area contributed by atoms with E-state index in [0.717, 1.165) is 83.6 Å². The summed E-state index contributed by atoms with van der Waals surface area (Å²) in [4.78, 5) is 0. The summed E-state index contributed by atoms with van der Waals surface area (Å²) in [6.45, 7) is 8.21. The van der Waals surface area contributed by atoms with Crippen LogP contribution in [0, 0.1) is 39.0 Å². The van der Waals surface area contributed by atoms with E-state index in [-0.39, 0.29) is 22.3 Å². The number of aryl methyl sites for hydroxylation is 4. The fraction of sp³-hybridized carbons (Fsp3) is 0.113. The number of hydrogen-bond acceptors (Lipinski definition) is 1. The fourth-order valence-electron chi connectivity index (χ4n) is 11.1. The maximum Gasteiger partial charge on any atom is 0.417 e. The molecule has 10 aromatic rings. The van der Waals surface area contributed by atoms with Crippen LogP contribution in [-0.4, -0.2) is 4.57 Å². The Labute approximate surface area is 401 Å². The first-order chi connectivity index (χ1) is 33.6. The van der Waals surface area contributed by atoms with Gasteiger partial charge in [0.05, 0.1) is 39.5 Å². The van der Waals surface area contributed by atoms with Gasteiger partial charge in [0.25, 0.3) is 0 Å². The third-order valence-corrected chi connectivity index (χ3v) is 14.0. The molecule has 0 bridgehead atoms. The molecule has 0 N–H and O–H groups in total. The average molecular weight is 929 g/mol. The highest BCUT2D eigenvalue weighted by Crippen LogP contribution is 2.55. The van der Waals surface area contributed by atoms with Crippen molar-refractivity contribution in [3.63, 3.8) is 0 Å². The minimum absolute atomic E-state index is 0.0655. The highest BCUT2D eigenvalue weighted by atomic mass is 19.4. The molecule has 1 aromatic heterocycles. The third kappa shape index (κ3) is 7.18. The summed E-state index contributed by atoms with van der Waals surface area (Å²) in [6.07, 6.45) is -10.4. The molecule has 342 valence electrons. The number of alkyl halides is 6. The average Bonchev–Trinajstić information content (AvgIpc) is 3.85. The summed E-state index contributed by atoms with van der Waals surface area (Å²) in [5.41, 5.74) is 10.6. The number of rotatable bonds is 6. The van der Waals surface area contributed by atoms with Crippen LogP contribution in [0.5, 0.6) is 0 Å². The van der Waals surface area contributed by atoms with Crippen LogP contribution in [0.2, 0.25) is 0 Å². The van der Waals surface area contributed by atoms with Crippen molar-refractivity contribution in [3.8, 4) is 67.4 Å². The molecule has 1 heterocycles. The van der Waals surface area contributed by atoms with Gasteiger partial charge in [0.1, 0.15) is 0 Å². The lowest BCUT2D eigenvalue weighted by atomic mass is 9.79. The quantitative estimate of drug-likeness (QED) is 0.153. The number of nitrogens with zero attached hydrogens (tertiary/aromatic N) is 2. The molecule has 8 heteroatoms. The lowest BCUT2D eigenvalue weighted by Crippen LogP contribution is -2.15. The minimum Gasteiger partial charge on any atom is -0.309 e. The monoisotopic (exact) mass is 928 g/mol. The highest BCUT2D eigenvalue weighted by molar-refractivity contribution is 6.12. The van der Waals surface area contributed by atoms with E-state index in [1.165, 1.54) is 12.1 Å². The van der Waals surface area contributed by atoms with Crippen molar-refractivity contribution in [1.82, 2.24) is 4.57 Å². The number of fused-ring (bicyclic) bond motifs is 6. The van der Waals surface area contributed by atoms with Gasteiger partial charge < -0.3 is 4.57 Å². The second-order valence-corrected chi connectivity index (χ2v) is 18.3. The van der Waals surface area contributed by atoms with Gasteiger partial charge in [-0.25, -0.2) is 0 Å². The van der Waals surface area contributed by atoms with Crippen LogP contribution >= 0.6 is 0 Å². The van der Waals surface area contributed by atoms with E-state index in [2.05, 4.69) is 80.6 Å². The van der Waals surface area contributed by atoms with Gasteiger partial charge in [-0.3, -0.25) is 0 Å². The number of nitriles is 1. The van der Waals surface area contributed by atoms with Crippen LogP contribution in [0.15, 0.2) is 176 Å². The van der Waals surface area contributed by atoms with Crippen molar-refractivity contribution >= 4 is 21.8 Å². The lowest BCUT2D eigenvalue weighted by Gasteiger charge is -2.27. The molecule has 70 heavy (non-hydrogen) atoms. The van der Waals surface area contributed by atoms with Crippen molar-refractivity contribution < 1.29 is 26.3 Å². The van der Waals surface area contributed by atoms with E-state index >= 15 is 26.3 Å². The van der Waals surface area contributed by atoms with Gasteiger partial charge in [-0.05, 0) is 143 Å². The highest BCUT2D eigenvalue weighted by Gasteiger charge is 2.43. The zero-order valence-corrected chi connectivity index (χ0v) is 38.5. The molecule has 1 atom stereocenters. The SMILES string of the molecule is Cc1ccc(-c2ccc3c(c2)-c2ccccc2C3c2cccc(C#N)c2-c2c(-c3c(C(F)(F)F)cccc3C(F)(F)F)cccc2-n2c3ccccc3c3cc(-c4ccc(C)cc4C)ccc32)c(C)c1. The molecule has 0 spiro atoms. The van der Waals surface area contributed by atoms with Gasteiger partial charge in [-0.1, -0.05) is 139 Å². The van der Waals surface area contributed by atoms with Crippen LogP contribution in [0.25, 0.3) is 83.1 Å². The van der Waals surface area contributed by atoms with E-state index in [1.54, 1.807) is 18.2 Å². The van der Waals surface area contributed by atoms with Crippen LogP contribution in [0.4, 0.5) is 26.3 Å². The molecular formula is C62H42F6N2. The number of hydrogen-bond donors (Lipinski definition) is 0. The molecule has 0 aliphatic heterocycles. The first-order valence-corrected chi connectivity index (χ1v) is 23.0. The Kier molecular flexibility index (Phi) is 10.5. The lowest BCUT2D eigenvalue weighted by molar-refractivity contribution is -0.142. The summed E-state index contributed by atoms with van der Waals surface area (Å²) in [7, 11) is 0. The minimum atomic E-state index is -5.18. The molecule has 0 saturated heterocycles. The number of halogens is 6. The van der Waals surface area contributed by atoms with Gasteiger partial charge >= 0.3 is 12.4 Å². The summed E-state index contributed by atoms with van der Waals surface area (Å²) in [5, 5.41) is 12.9. The molecule has 11 rings (SSSR count). The molecule has 1 aliphatic carbocycles. The van der Waals surface area contributed by atoms with Gasteiger partial charge in [0.2, 0.25) is 0 Å². The summed E-state index contributed by atoms with van der Waals surface area (Å²) < 4.78 is 94.5. The van der Waals surface area contributed by atoms with E-state index in [1.807, 2.05) is 85.1 Å². The second kappa shape index (κ2) is 16.5. The fourth-order valence-corrected chi connectivity index (χ4v) is 11.1. The Morgan fingerprint density at radius 2 is 0.986 bits per heavy atom. The van der Waals surface area contributed by atoms with Gasteiger partial charge in [0.15, 0.2) is 0 Å². The van der Waals surface area contributed by atoms with Gasteiger partial charge in [0, 0.05) is 33.4 Å². The zero-order chi connectivity index (χ0) is 48.8.